The number of pyridine rings is 1. The van der Waals surface area contributed by atoms with Gasteiger partial charge in [-0.2, -0.15) is 0 Å². The second-order valence-corrected chi connectivity index (χ2v) is 10.6. The first kappa shape index (κ1) is 27.6. The van der Waals surface area contributed by atoms with Crippen LogP contribution in [0.4, 0.5) is 4.79 Å². The number of hydrogen-bond acceptors (Lipinski definition) is 5. The second-order valence-electron chi connectivity index (χ2n) is 10.6. The second kappa shape index (κ2) is 13.9. The van der Waals surface area contributed by atoms with E-state index in [-0.39, 0.29) is 23.9 Å². The fourth-order valence-corrected chi connectivity index (χ4v) is 5.61. The summed E-state index contributed by atoms with van der Waals surface area (Å²) in [4.78, 5) is 36.5. The van der Waals surface area contributed by atoms with Crippen molar-refractivity contribution in [2.75, 3.05) is 6.54 Å². The van der Waals surface area contributed by atoms with E-state index in [4.69, 9.17) is 10.7 Å². The van der Waals surface area contributed by atoms with Crippen LogP contribution in [0.15, 0.2) is 53.7 Å². The highest BCUT2D eigenvalue weighted by atomic mass is 16.2. The lowest BCUT2D eigenvalue weighted by Gasteiger charge is -2.37. The van der Waals surface area contributed by atoms with E-state index in [9.17, 15) is 9.59 Å². The first-order valence-electron chi connectivity index (χ1n) is 14.2. The topological polar surface area (TPSA) is 113 Å². The SMILES string of the molecule is CCCC1N=C(N)N(Cc2ccc(CNC(=O)NCCc3ccccn3)cc2)C(=O)C1CC1CCCCC1. The molecule has 4 N–H and O–H groups in total. The van der Waals surface area contributed by atoms with Crippen LogP contribution in [0.1, 0.15) is 75.1 Å². The van der Waals surface area contributed by atoms with E-state index >= 15 is 0 Å². The quantitative estimate of drug-likeness (QED) is 0.405. The van der Waals surface area contributed by atoms with Gasteiger partial charge in [0, 0.05) is 31.4 Å². The van der Waals surface area contributed by atoms with Crippen molar-refractivity contribution in [3.05, 3.63) is 65.5 Å². The van der Waals surface area contributed by atoms with Crippen LogP contribution in [0.25, 0.3) is 0 Å². The fourth-order valence-electron chi connectivity index (χ4n) is 5.61. The van der Waals surface area contributed by atoms with E-state index in [1.165, 1.54) is 32.1 Å². The lowest BCUT2D eigenvalue weighted by atomic mass is 9.78. The van der Waals surface area contributed by atoms with Crippen molar-refractivity contribution in [1.82, 2.24) is 20.5 Å². The summed E-state index contributed by atoms with van der Waals surface area (Å²) < 4.78 is 0. The maximum absolute atomic E-state index is 13.6. The molecule has 2 atom stereocenters. The van der Waals surface area contributed by atoms with Crippen LogP contribution >= 0.6 is 0 Å². The van der Waals surface area contributed by atoms with Crippen molar-refractivity contribution in [2.24, 2.45) is 22.6 Å². The molecule has 0 saturated heterocycles. The Morgan fingerprint density at radius 3 is 2.53 bits per heavy atom. The van der Waals surface area contributed by atoms with Crippen molar-refractivity contribution < 1.29 is 9.59 Å². The zero-order valence-electron chi connectivity index (χ0n) is 22.6. The normalized spacial score (nSPS) is 20.2. The number of carbonyl (C=O) groups excluding carboxylic acids is 2. The van der Waals surface area contributed by atoms with Crippen LogP contribution in [0.3, 0.4) is 0 Å². The molecule has 4 rings (SSSR count). The third-order valence-electron chi connectivity index (χ3n) is 7.73. The number of urea groups is 1. The van der Waals surface area contributed by atoms with Crippen molar-refractivity contribution in [3.63, 3.8) is 0 Å². The van der Waals surface area contributed by atoms with Crippen LogP contribution in [0.2, 0.25) is 0 Å². The van der Waals surface area contributed by atoms with Gasteiger partial charge in [-0.25, -0.2) is 9.79 Å². The summed E-state index contributed by atoms with van der Waals surface area (Å²) in [5.41, 5.74) is 9.24. The van der Waals surface area contributed by atoms with E-state index in [2.05, 4.69) is 22.5 Å². The zero-order valence-corrected chi connectivity index (χ0v) is 22.6. The molecular weight excluding hydrogens is 476 g/mol. The van der Waals surface area contributed by atoms with Gasteiger partial charge >= 0.3 is 6.03 Å². The number of carbonyl (C=O) groups is 2. The number of amides is 3. The highest BCUT2D eigenvalue weighted by Gasteiger charge is 2.38. The summed E-state index contributed by atoms with van der Waals surface area (Å²) in [6.45, 7) is 3.50. The van der Waals surface area contributed by atoms with Crippen molar-refractivity contribution in [1.29, 1.82) is 0 Å². The molecule has 204 valence electrons. The zero-order chi connectivity index (χ0) is 26.7. The number of benzene rings is 1. The molecule has 1 aliphatic heterocycles. The largest absolute Gasteiger partial charge is 0.369 e. The molecule has 2 aliphatic rings. The lowest BCUT2D eigenvalue weighted by molar-refractivity contribution is -0.134. The molecule has 1 aliphatic carbocycles. The van der Waals surface area contributed by atoms with Gasteiger partial charge in [-0.15, -0.1) is 0 Å². The van der Waals surface area contributed by atoms with Crippen molar-refractivity contribution >= 4 is 17.9 Å². The van der Waals surface area contributed by atoms with Crippen molar-refractivity contribution in [3.8, 4) is 0 Å². The standard InChI is InChI=1S/C30H42N6O2/c1-2-8-27-26(19-22-9-4-3-5-10-22)28(37)36(29(31)35-27)21-24-14-12-23(13-15-24)20-34-30(38)33-18-16-25-11-6-7-17-32-25/h6-7,11-15,17,22,26-27H,2-5,8-10,16,18-21H2,1H3,(H2,31,35)(H2,33,34,38). The Hall–Kier alpha value is -3.42. The Kier molecular flexibility index (Phi) is 10.1. The molecule has 1 saturated carbocycles. The first-order chi connectivity index (χ1) is 18.5. The molecule has 1 aromatic heterocycles. The smallest absolute Gasteiger partial charge is 0.315 e. The van der Waals surface area contributed by atoms with E-state index in [0.29, 0.717) is 37.9 Å². The summed E-state index contributed by atoms with van der Waals surface area (Å²) in [5, 5.41) is 5.75. The van der Waals surface area contributed by atoms with Gasteiger partial charge in [0.1, 0.15) is 0 Å². The number of guanidine groups is 1. The highest BCUT2D eigenvalue weighted by Crippen LogP contribution is 2.34. The minimum absolute atomic E-state index is 0.00534. The van der Waals surface area contributed by atoms with Gasteiger partial charge in [-0.05, 0) is 42.0 Å². The number of hydrogen-bond donors (Lipinski definition) is 3. The van der Waals surface area contributed by atoms with Gasteiger partial charge in [0.25, 0.3) is 0 Å². The summed E-state index contributed by atoms with van der Waals surface area (Å²) in [6.07, 6.45) is 11.5. The van der Waals surface area contributed by atoms with Gasteiger partial charge in [0.05, 0.1) is 18.5 Å². The molecule has 2 unspecified atom stereocenters. The molecule has 38 heavy (non-hydrogen) atoms. The van der Waals surface area contributed by atoms with Gasteiger partial charge in [-0.1, -0.05) is 75.8 Å². The van der Waals surface area contributed by atoms with Gasteiger partial charge in [0.2, 0.25) is 5.91 Å². The molecule has 8 heteroatoms. The average molecular weight is 519 g/mol. The number of aliphatic imine (C=N–C) groups is 1. The molecule has 1 fully saturated rings. The van der Waals surface area contributed by atoms with E-state index in [1.807, 2.05) is 42.5 Å². The third-order valence-corrected chi connectivity index (χ3v) is 7.73. The van der Waals surface area contributed by atoms with E-state index in [0.717, 1.165) is 36.1 Å². The average Bonchev–Trinajstić information content (AvgIpc) is 2.94. The van der Waals surface area contributed by atoms with Crippen LogP contribution in [-0.4, -0.2) is 40.4 Å². The summed E-state index contributed by atoms with van der Waals surface area (Å²) >= 11 is 0. The molecular formula is C30H42N6O2. The van der Waals surface area contributed by atoms with Crippen LogP contribution < -0.4 is 16.4 Å². The predicted octanol–water partition coefficient (Wildman–Crippen LogP) is 4.54. The summed E-state index contributed by atoms with van der Waals surface area (Å²) in [6, 6.07) is 13.5. The van der Waals surface area contributed by atoms with E-state index < -0.39 is 0 Å². The van der Waals surface area contributed by atoms with Gasteiger partial charge in [-0.3, -0.25) is 14.7 Å². The summed E-state index contributed by atoms with van der Waals surface area (Å²) in [5.74, 6) is 0.994. The van der Waals surface area contributed by atoms with Crippen LogP contribution in [0, 0.1) is 11.8 Å². The number of nitrogens with zero attached hydrogens (tertiary/aromatic N) is 3. The predicted molar refractivity (Wildman–Crippen MR) is 150 cm³/mol. The maximum atomic E-state index is 13.6. The van der Waals surface area contributed by atoms with Crippen LogP contribution in [-0.2, 0) is 24.3 Å². The monoisotopic (exact) mass is 518 g/mol. The number of nitrogens with two attached hydrogens (primary N) is 1. The van der Waals surface area contributed by atoms with Crippen LogP contribution in [0.5, 0.6) is 0 Å². The molecule has 2 heterocycles. The first-order valence-corrected chi connectivity index (χ1v) is 14.2. The van der Waals surface area contributed by atoms with Gasteiger partial charge in [0.15, 0.2) is 5.96 Å². The molecule has 2 aromatic rings. The number of nitrogens with one attached hydrogen (secondary N) is 2. The highest BCUT2D eigenvalue weighted by molar-refractivity contribution is 5.99. The number of rotatable bonds is 11. The minimum Gasteiger partial charge on any atom is -0.369 e. The molecule has 0 spiro atoms. The van der Waals surface area contributed by atoms with E-state index in [1.54, 1.807) is 11.1 Å². The summed E-state index contributed by atoms with van der Waals surface area (Å²) in [7, 11) is 0. The maximum Gasteiger partial charge on any atom is 0.315 e. The number of aromatic nitrogens is 1. The fraction of sp³-hybridized carbons (Fsp3) is 0.533. The lowest BCUT2D eigenvalue weighted by Crippen LogP contribution is -2.52. The Bertz CT molecular complexity index is 1070. The molecule has 1 aromatic carbocycles. The Morgan fingerprint density at radius 2 is 1.82 bits per heavy atom. The van der Waals surface area contributed by atoms with Crippen molar-refractivity contribution in [2.45, 2.75) is 83.8 Å². The molecule has 0 bridgehead atoms. The third kappa shape index (κ3) is 7.79. The Labute approximate surface area is 226 Å². The minimum atomic E-state index is -0.210. The molecule has 3 amide bonds. The van der Waals surface area contributed by atoms with Gasteiger partial charge < -0.3 is 16.4 Å². The molecule has 0 radical (unpaired) electrons. The Balaban J connectivity index is 1.29. The molecule has 8 nitrogen and oxygen atoms in total. The Morgan fingerprint density at radius 1 is 1.05 bits per heavy atom.